The number of aromatic nitrogens is 5. The van der Waals surface area contributed by atoms with E-state index in [1.165, 1.54) is 42.4 Å². The SMILES string of the molecule is Cn1cc(-c2cn(Cc3ccc4nc(NC5CCCCC5)sc4c3)cn2)cn1. The van der Waals surface area contributed by atoms with Crippen molar-refractivity contribution in [3.63, 3.8) is 0 Å². The Labute approximate surface area is 168 Å². The van der Waals surface area contributed by atoms with Gasteiger partial charge in [0, 0.05) is 37.6 Å². The fourth-order valence-corrected chi connectivity index (χ4v) is 4.92. The van der Waals surface area contributed by atoms with Crippen LogP contribution in [0.25, 0.3) is 21.5 Å². The summed E-state index contributed by atoms with van der Waals surface area (Å²) in [5.41, 5.74) is 4.33. The van der Waals surface area contributed by atoms with Crippen LogP contribution in [-0.2, 0) is 13.6 Å². The lowest BCUT2D eigenvalue weighted by Gasteiger charge is -2.22. The van der Waals surface area contributed by atoms with Crippen LogP contribution < -0.4 is 5.32 Å². The van der Waals surface area contributed by atoms with Crippen LogP contribution in [0.3, 0.4) is 0 Å². The summed E-state index contributed by atoms with van der Waals surface area (Å²) in [6.07, 6.45) is 14.4. The first kappa shape index (κ1) is 17.4. The van der Waals surface area contributed by atoms with Crippen molar-refractivity contribution in [2.24, 2.45) is 7.05 Å². The van der Waals surface area contributed by atoms with Crippen molar-refractivity contribution in [1.29, 1.82) is 0 Å². The van der Waals surface area contributed by atoms with Crippen molar-refractivity contribution in [3.05, 3.63) is 48.7 Å². The Hall–Kier alpha value is -2.67. The fourth-order valence-electron chi connectivity index (χ4n) is 3.91. The van der Waals surface area contributed by atoms with Crippen LogP contribution in [0.2, 0.25) is 0 Å². The number of nitrogens with one attached hydrogen (secondary N) is 1. The van der Waals surface area contributed by atoms with Gasteiger partial charge in [-0.3, -0.25) is 4.68 Å². The van der Waals surface area contributed by atoms with E-state index in [4.69, 9.17) is 4.98 Å². The first-order chi connectivity index (χ1) is 13.7. The van der Waals surface area contributed by atoms with Gasteiger partial charge in [0.2, 0.25) is 0 Å². The first-order valence-electron chi connectivity index (χ1n) is 9.90. The Morgan fingerprint density at radius 1 is 1.18 bits per heavy atom. The third kappa shape index (κ3) is 3.67. The van der Waals surface area contributed by atoms with Gasteiger partial charge in [-0.1, -0.05) is 36.7 Å². The highest BCUT2D eigenvalue weighted by molar-refractivity contribution is 7.22. The van der Waals surface area contributed by atoms with Crippen LogP contribution >= 0.6 is 11.3 Å². The predicted molar refractivity (Wildman–Crippen MR) is 114 cm³/mol. The zero-order chi connectivity index (χ0) is 18.9. The number of benzene rings is 1. The molecule has 1 aliphatic carbocycles. The fraction of sp³-hybridized carbons (Fsp3) is 0.381. The van der Waals surface area contributed by atoms with Crippen LogP contribution in [-0.4, -0.2) is 30.4 Å². The molecule has 0 radical (unpaired) electrons. The van der Waals surface area contributed by atoms with E-state index in [1.54, 1.807) is 16.0 Å². The summed E-state index contributed by atoms with van der Waals surface area (Å²) in [5, 5.41) is 8.92. The molecule has 0 spiro atoms. The summed E-state index contributed by atoms with van der Waals surface area (Å²) in [5.74, 6) is 0. The maximum Gasteiger partial charge on any atom is 0.184 e. The van der Waals surface area contributed by atoms with Crippen molar-refractivity contribution < 1.29 is 0 Å². The summed E-state index contributed by atoms with van der Waals surface area (Å²) in [4.78, 5) is 9.30. The summed E-state index contributed by atoms with van der Waals surface area (Å²) < 4.78 is 5.15. The number of nitrogens with zero attached hydrogens (tertiary/aromatic N) is 5. The van der Waals surface area contributed by atoms with Gasteiger partial charge in [0.1, 0.15) is 0 Å². The zero-order valence-corrected chi connectivity index (χ0v) is 16.8. The van der Waals surface area contributed by atoms with E-state index >= 15 is 0 Å². The molecule has 0 atom stereocenters. The van der Waals surface area contributed by atoms with Crippen LogP contribution in [0.1, 0.15) is 37.7 Å². The summed E-state index contributed by atoms with van der Waals surface area (Å²) in [7, 11) is 1.92. The van der Waals surface area contributed by atoms with Gasteiger partial charge in [-0.25, -0.2) is 9.97 Å². The molecule has 0 saturated heterocycles. The second-order valence-corrected chi connectivity index (χ2v) is 8.66. The van der Waals surface area contributed by atoms with E-state index in [9.17, 15) is 0 Å². The number of hydrogen-bond acceptors (Lipinski definition) is 5. The Bertz CT molecular complexity index is 1090. The van der Waals surface area contributed by atoms with E-state index in [0.717, 1.165) is 28.5 Å². The van der Waals surface area contributed by atoms with E-state index in [0.29, 0.717) is 6.04 Å². The minimum absolute atomic E-state index is 0.589. The molecule has 1 aliphatic rings. The van der Waals surface area contributed by atoms with Crippen molar-refractivity contribution in [2.75, 3.05) is 5.32 Å². The van der Waals surface area contributed by atoms with Crippen LogP contribution in [0.15, 0.2) is 43.1 Å². The second kappa shape index (κ2) is 7.39. The molecule has 1 N–H and O–H groups in total. The molecule has 0 aliphatic heterocycles. The topological polar surface area (TPSA) is 60.6 Å². The number of hydrogen-bond donors (Lipinski definition) is 1. The third-order valence-corrected chi connectivity index (χ3v) is 6.33. The Morgan fingerprint density at radius 2 is 2.07 bits per heavy atom. The maximum absolute atomic E-state index is 4.78. The molecule has 3 heterocycles. The number of anilines is 1. The first-order valence-corrected chi connectivity index (χ1v) is 10.7. The Kier molecular flexibility index (Phi) is 4.60. The number of rotatable bonds is 5. The normalized spacial score (nSPS) is 15.3. The molecule has 7 heteroatoms. The standard InChI is InChI=1S/C21H24N6S/c1-26-12-16(10-23-26)19-13-27(14-22-19)11-15-7-8-18-20(9-15)28-21(25-18)24-17-5-3-2-4-6-17/h7-10,12-14,17H,2-6,11H2,1H3,(H,24,25). The van der Waals surface area contributed by atoms with Gasteiger partial charge in [0.15, 0.2) is 5.13 Å². The van der Waals surface area contributed by atoms with Crippen LogP contribution in [0.5, 0.6) is 0 Å². The van der Waals surface area contributed by atoms with E-state index < -0.39 is 0 Å². The van der Waals surface area contributed by atoms with E-state index in [-0.39, 0.29) is 0 Å². The van der Waals surface area contributed by atoms with Gasteiger partial charge in [-0.2, -0.15) is 5.10 Å². The van der Waals surface area contributed by atoms with E-state index in [2.05, 4.69) is 44.4 Å². The molecule has 1 fully saturated rings. The molecule has 6 nitrogen and oxygen atoms in total. The van der Waals surface area contributed by atoms with Crippen LogP contribution in [0, 0.1) is 0 Å². The van der Waals surface area contributed by atoms with Crippen molar-refractivity contribution in [3.8, 4) is 11.3 Å². The molecule has 4 aromatic rings. The van der Waals surface area contributed by atoms with Gasteiger partial charge in [0.25, 0.3) is 0 Å². The summed E-state index contributed by atoms with van der Waals surface area (Å²) in [6, 6.07) is 7.14. The van der Waals surface area contributed by atoms with Gasteiger partial charge in [-0.15, -0.1) is 0 Å². The monoisotopic (exact) mass is 392 g/mol. The molecule has 3 aromatic heterocycles. The number of thiazole rings is 1. The second-order valence-electron chi connectivity index (χ2n) is 7.63. The maximum atomic E-state index is 4.78. The van der Waals surface area contributed by atoms with E-state index in [1.807, 2.05) is 25.8 Å². The molecule has 1 saturated carbocycles. The number of fused-ring (bicyclic) bond motifs is 1. The lowest BCUT2D eigenvalue weighted by Crippen LogP contribution is -2.21. The smallest absolute Gasteiger partial charge is 0.184 e. The van der Waals surface area contributed by atoms with Gasteiger partial charge < -0.3 is 9.88 Å². The van der Waals surface area contributed by atoms with Crippen LogP contribution in [0.4, 0.5) is 5.13 Å². The number of imidazole rings is 1. The highest BCUT2D eigenvalue weighted by atomic mass is 32.1. The van der Waals surface area contributed by atoms with Gasteiger partial charge >= 0.3 is 0 Å². The molecular weight excluding hydrogens is 368 g/mol. The lowest BCUT2D eigenvalue weighted by atomic mass is 9.96. The molecule has 0 unspecified atom stereocenters. The zero-order valence-electron chi connectivity index (χ0n) is 16.0. The Balaban J connectivity index is 1.31. The van der Waals surface area contributed by atoms with Gasteiger partial charge in [-0.05, 0) is 30.5 Å². The quantitative estimate of drug-likeness (QED) is 0.535. The summed E-state index contributed by atoms with van der Waals surface area (Å²) >= 11 is 1.76. The molecule has 144 valence electrons. The molecule has 5 rings (SSSR count). The van der Waals surface area contributed by atoms with Crippen molar-refractivity contribution in [1.82, 2.24) is 24.3 Å². The minimum Gasteiger partial charge on any atom is -0.359 e. The molecule has 1 aromatic carbocycles. The van der Waals surface area contributed by atoms with Gasteiger partial charge in [0.05, 0.1) is 28.4 Å². The van der Waals surface area contributed by atoms with Crippen molar-refractivity contribution >= 4 is 26.7 Å². The molecule has 28 heavy (non-hydrogen) atoms. The summed E-state index contributed by atoms with van der Waals surface area (Å²) in [6.45, 7) is 0.798. The third-order valence-electron chi connectivity index (χ3n) is 5.38. The highest BCUT2D eigenvalue weighted by Crippen LogP contribution is 2.30. The average Bonchev–Trinajstić information content (AvgIpc) is 3.42. The number of aryl methyl sites for hydroxylation is 1. The molecule has 0 bridgehead atoms. The Morgan fingerprint density at radius 3 is 2.89 bits per heavy atom. The molecular formula is C21H24N6S. The predicted octanol–water partition coefficient (Wildman–Crippen LogP) is 4.69. The highest BCUT2D eigenvalue weighted by Gasteiger charge is 2.15. The minimum atomic E-state index is 0.589. The molecule has 0 amide bonds. The average molecular weight is 393 g/mol. The lowest BCUT2D eigenvalue weighted by molar-refractivity contribution is 0.462. The van der Waals surface area contributed by atoms with Crippen molar-refractivity contribution in [2.45, 2.75) is 44.7 Å². The largest absolute Gasteiger partial charge is 0.359 e.